The van der Waals surface area contributed by atoms with Gasteiger partial charge < -0.3 is 10.1 Å². The van der Waals surface area contributed by atoms with Gasteiger partial charge in [-0.25, -0.2) is 4.39 Å². The highest BCUT2D eigenvalue weighted by Gasteiger charge is 2.10. The van der Waals surface area contributed by atoms with E-state index in [0.29, 0.717) is 6.42 Å². The summed E-state index contributed by atoms with van der Waals surface area (Å²) in [5.41, 5.74) is 1.03. The van der Waals surface area contributed by atoms with Crippen molar-refractivity contribution < 1.29 is 9.13 Å². The van der Waals surface area contributed by atoms with Crippen LogP contribution in [0.3, 0.4) is 0 Å². The van der Waals surface area contributed by atoms with Crippen LogP contribution in [-0.2, 0) is 6.42 Å². The van der Waals surface area contributed by atoms with Crippen molar-refractivity contribution in [1.29, 1.82) is 5.26 Å². The number of nitriles is 1. The zero-order chi connectivity index (χ0) is 11.3. The van der Waals surface area contributed by atoms with Gasteiger partial charge in [0.2, 0.25) is 0 Å². The molecule has 15 heavy (non-hydrogen) atoms. The third-order valence-electron chi connectivity index (χ3n) is 2.09. The molecule has 0 aliphatic carbocycles. The average Bonchev–Trinajstić information content (AvgIpc) is 2.25. The predicted octanol–water partition coefficient (Wildman–Crippen LogP) is 1.47. The minimum absolute atomic E-state index is 0.0192. The van der Waals surface area contributed by atoms with Crippen molar-refractivity contribution in [3.8, 4) is 11.8 Å². The van der Waals surface area contributed by atoms with Gasteiger partial charge >= 0.3 is 0 Å². The lowest BCUT2D eigenvalue weighted by atomic mass is 10.1. The molecule has 0 amide bonds. The van der Waals surface area contributed by atoms with Crippen LogP contribution in [0.1, 0.15) is 11.1 Å². The number of nitrogens with zero attached hydrogens (tertiary/aromatic N) is 1. The monoisotopic (exact) mass is 208 g/mol. The third kappa shape index (κ3) is 2.67. The van der Waals surface area contributed by atoms with Crippen LogP contribution in [0, 0.1) is 17.1 Å². The van der Waals surface area contributed by atoms with Crippen molar-refractivity contribution in [1.82, 2.24) is 5.32 Å². The second-order valence-corrected chi connectivity index (χ2v) is 3.12. The zero-order valence-electron chi connectivity index (χ0n) is 8.80. The fraction of sp³-hybridized carbons (Fsp3) is 0.364. The van der Waals surface area contributed by atoms with Gasteiger partial charge in [-0.05, 0) is 37.7 Å². The van der Waals surface area contributed by atoms with E-state index < -0.39 is 5.82 Å². The first-order chi connectivity index (χ1) is 7.22. The summed E-state index contributed by atoms with van der Waals surface area (Å²) in [5.74, 6) is -0.464. The lowest BCUT2D eigenvalue weighted by molar-refractivity contribution is 0.385. The molecule has 0 saturated carbocycles. The lowest BCUT2D eigenvalue weighted by Gasteiger charge is -2.07. The maximum atomic E-state index is 13.4. The van der Waals surface area contributed by atoms with E-state index in [4.69, 9.17) is 10.00 Å². The van der Waals surface area contributed by atoms with Gasteiger partial charge in [0, 0.05) is 0 Å². The van der Waals surface area contributed by atoms with E-state index >= 15 is 0 Å². The van der Waals surface area contributed by atoms with Crippen molar-refractivity contribution in [3.05, 3.63) is 29.1 Å². The van der Waals surface area contributed by atoms with Gasteiger partial charge in [0.1, 0.15) is 6.07 Å². The number of likely N-dealkylation sites (N-methyl/N-ethyl adjacent to an activating group) is 1. The maximum Gasteiger partial charge on any atom is 0.172 e. The van der Waals surface area contributed by atoms with Crippen molar-refractivity contribution in [2.75, 3.05) is 20.7 Å². The third-order valence-corrected chi connectivity index (χ3v) is 2.09. The number of methoxy groups -OCH3 is 1. The second kappa shape index (κ2) is 5.32. The molecule has 0 fully saturated rings. The van der Waals surface area contributed by atoms with Gasteiger partial charge in [-0.1, -0.05) is 0 Å². The fourth-order valence-electron chi connectivity index (χ4n) is 1.35. The molecule has 1 rings (SSSR count). The van der Waals surface area contributed by atoms with Crippen LogP contribution in [0.25, 0.3) is 0 Å². The molecule has 0 radical (unpaired) electrons. The highest BCUT2D eigenvalue weighted by Crippen LogP contribution is 2.23. The Morgan fingerprint density at radius 1 is 1.53 bits per heavy atom. The van der Waals surface area contributed by atoms with Crippen LogP contribution in [0.5, 0.6) is 5.75 Å². The number of benzene rings is 1. The smallest absolute Gasteiger partial charge is 0.172 e. The number of hydrogen-bond acceptors (Lipinski definition) is 3. The van der Waals surface area contributed by atoms with Gasteiger partial charge in [-0.3, -0.25) is 0 Å². The van der Waals surface area contributed by atoms with E-state index in [0.717, 1.165) is 12.1 Å². The van der Waals surface area contributed by atoms with E-state index in [1.54, 1.807) is 6.07 Å². The topological polar surface area (TPSA) is 45.0 Å². The van der Waals surface area contributed by atoms with Crippen LogP contribution < -0.4 is 10.1 Å². The molecule has 0 atom stereocenters. The first kappa shape index (κ1) is 11.5. The number of halogens is 1. The van der Waals surface area contributed by atoms with Crippen LogP contribution >= 0.6 is 0 Å². The molecule has 0 spiro atoms. The summed E-state index contributed by atoms with van der Waals surface area (Å²) in [5, 5.41) is 11.8. The van der Waals surface area contributed by atoms with Crippen LogP contribution in [-0.4, -0.2) is 20.7 Å². The van der Waals surface area contributed by atoms with Crippen molar-refractivity contribution in [3.63, 3.8) is 0 Å². The summed E-state index contributed by atoms with van der Waals surface area (Å²) in [4.78, 5) is 0. The summed E-state index contributed by atoms with van der Waals surface area (Å²) in [7, 11) is 3.18. The van der Waals surface area contributed by atoms with E-state index in [1.807, 2.05) is 13.1 Å². The summed E-state index contributed by atoms with van der Waals surface area (Å²) in [6, 6.07) is 4.97. The van der Waals surface area contributed by atoms with Gasteiger partial charge in [0.15, 0.2) is 11.6 Å². The molecule has 0 saturated heterocycles. The van der Waals surface area contributed by atoms with Crippen molar-refractivity contribution in [2.45, 2.75) is 6.42 Å². The van der Waals surface area contributed by atoms with Crippen molar-refractivity contribution in [2.24, 2.45) is 0 Å². The van der Waals surface area contributed by atoms with E-state index in [2.05, 4.69) is 5.32 Å². The molecule has 0 heterocycles. The average molecular weight is 208 g/mol. The van der Waals surface area contributed by atoms with Crippen LogP contribution in [0.15, 0.2) is 12.1 Å². The largest absolute Gasteiger partial charge is 0.492 e. The normalized spacial score (nSPS) is 9.73. The lowest BCUT2D eigenvalue weighted by Crippen LogP contribution is -2.10. The van der Waals surface area contributed by atoms with Crippen molar-refractivity contribution >= 4 is 0 Å². The van der Waals surface area contributed by atoms with E-state index in [1.165, 1.54) is 13.2 Å². The molecule has 80 valence electrons. The Morgan fingerprint density at radius 2 is 2.27 bits per heavy atom. The number of nitrogens with one attached hydrogen (secondary N) is 1. The number of ether oxygens (including phenoxy) is 1. The van der Waals surface area contributed by atoms with Gasteiger partial charge in [0.05, 0.1) is 12.7 Å². The fourth-order valence-corrected chi connectivity index (χ4v) is 1.35. The minimum Gasteiger partial charge on any atom is -0.492 e. The van der Waals surface area contributed by atoms with E-state index in [9.17, 15) is 4.39 Å². The second-order valence-electron chi connectivity index (χ2n) is 3.12. The number of hydrogen-bond donors (Lipinski definition) is 1. The quantitative estimate of drug-likeness (QED) is 0.814. The molecule has 0 unspecified atom stereocenters. The summed E-state index contributed by atoms with van der Waals surface area (Å²) in [6.45, 7) is 0.747. The molecule has 1 aromatic rings. The SMILES string of the molecule is CNCCc1cc(F)c(OC)c(C#N)c1. The number of rotatable bonds is 4. The molecule has 0 aromatic heterocycles. The van der Waals surface area contributed by atoms with E-state index in [-0.39, 0.29) is 11.3 Å². The Bertz CT molecular complexity index is 385. The molecule has 1 N–H and O–H groups in total. The summed E-state index contributed by atoms with van der Waals surface area (Å²) < 4.78 is 18.2. The Kier molecular flexibility index (Phi) is 4.07. The summed E-state index contributed by atoms with van der Waals surface area (Å²) >= 11 is 0. The molecular weight excluding hydrogens is 195 g/mol. The predicted molar refractivity (Wildman–Crippen MR) is 55.3 cm³/mol. The van der Waals surface area contributed by atoms with Gasteiger partial charge in [0.25, 0.3) is 0 Å². The first-order valence-corrected chi connectivity index (χ1v) is 4.64. The molecule has 0 bridgehead atoms. The first-order valence-electron chi connectivity index (χ1n) is 4.64. The molecular formula is C11H13FN2O. The molecule has 4 heteroatoms. The molecule has 1 aromatic carbocycles. The van der Waals surface area contributed by atoms with Gasteiger partial charge in [-0.2, -0.15) is 5.26 Å². The zero-order valence-corrected chi connectivity index (χ0v) is 8.80. The Labute approximate surface area is 88.5 Å². The molecule has 3 nitrogen and oxygen atoms in total. The standard InChI is InChI=1S/C11H13FN2O/c1-14-4-3-8-5-9(7-13)11(15-2)10(12)6-8/h5-6,14H,3-4H2,1-2H3. The Hall–Kier alpha value is -1.60. The highest BCUT2D eigenvalue weighted by atomic mass is 19.1. The molecule has 0 aliphatic rings. The Balaban J connectivity index is 3.04. The minimum atomic E-state index is -0.484. The van der Waals surface area contributed by atoms with Gasteiger partial charge in [-0.15, -0.1) is 0 Å². The highest BCUT2D eigenvalue weighted by molar-refractivity contribution is 5.46. The Morgan fingerprint density at radius 3 is 2.80 bits per heavy atom. The van der Waals surface area contributed by atoms with Crippen LogP contribution in [0.4, 0.5) is 4.39 Å². The summed E-state index contributed by atoms with van der Waals surface area (Å²) in [6.07, 6.45) is 0.687. The van der Waals surface area contributed by atoms with Crippen LogP contribution in [0.2, 0.25) is 0 Å². The maximum absolute atomic E-state index is 13.4. The molecule has 0 aliphatic heterocycles.